The average Bonchev–Trinajstić information content (AvgIpc) is 3.36. The van der Waals surface area contributed by atoms with E-state index in [0.717, 1.165) is 48.7 Å². The number of ether oxygens (including phenoxy) is 1. The number of fused-ring (bicyclic) bond motifs is 3. The molecule has 1 saturated heterocycles. The Kier molecular flexibility index (Phi) is 4.53. The van der Waals surface area contributed by atoms with Crippen molar-refractivity contribution in [3.05, 3.63) is 22.5 Å². The van der Waals surface area contributed by atoms with Crippen LogP contribution in [0.25, 0.3) is 11.1 Å². The molecule has 154 valence electrons. The van der Waals surface area contributed by atoms with Gasteiger partial charge in [-0.1, -0.05) is 5.16 Å². The molecule has 2 amide bonds. The molecule has 1 N–H and O–H groups in total. The van der Waals surface area contributed by atoms with Crippen LogP contribution in [0.1, 0.15) is 53.0 Å². The fraction of sp³-hybridized carbons (Fsp3) is 0.619. The minimum Gasteiger partial charge on any atom is -0.374 e. The molecule has 2 aromatic heterocycles. The maximum absolute atomic E-state index is 13.9. The van der Waals surface area contributed by atoms with E-state index in [2.05, 4.69) is 15.5 Å². The summed E-state index contributed by atoms with van der Waals surface area (Å²) in [5.74, 6) is -0.0417. The zero-order valence-electron chi connectivity index (χ0n) is 16.9. The zero-order valence-corrected chi connectivity index (χ0v) is 16.9. The molecule has 3 heterocycles. The standard InChI is InChI=1S/C21H26N4O4/c1-11-17-18(13-4-3-5-14(13)23-20(17)29-24-11)21(27)25-8-9-28-16-7-6-12(10-15(16)25)19(26)22-2/h12,15-16H,3-10H2,1-2H3,(H,22,26)/t12-,15+,16+/m0/s1. The van der Waals surface area contributed by atoms with Crippen LogP contribution in [0, 0.1) is 12.8 Å². The maximum Gasteiger partial charge on any atom is 0.259 e. The second-order valence-corrected chi connectivity index (χ2v) is 8.31. The molecule has 2 fully saturated rings. The fourth-order valence-electron chi connectivity index (χ4n) is 5.30. The first kappa shape index (κ1) is 18.5. The third-order valence-electron chi connectivity index (χ3n) is 6.73. The smallest absolute Gasteiger partial charge is 0.259 e. The van der Waals surface area contributed by atoms with Crippen LogP contribution < -0.4 is 5.32 Å². The number of carbonyl (C=O) groups excluding carboxylic acids is 2. The van der Waals surface area contributed by atoms with E-state index in [1.807, 2.05) is 11.8 Å². The fourth-order valence-corrected chi connectivity index (χ4v) is 5.30. The highest BCUT2D eigenvalue weighted by molar-refractivity contribution is 6.07. The van der Waals surface area contributed by atoms with Gasteiger partial charge in [-0.2, -0.15) is 0 Å². The quantitative estimate of drug-likeness (QED) is 0.828. The lowest BCUT2D eigenvalue weighted by molar-refractivity contribution is -0.131. The Morgan fingerprint density at radius 1 is 1.24 bits per heavy atom. The predicted octanol–water partition coefficient (Wildman–Crippen LogP) is 1.78. The molecule has 0 unspecified atom stereocenters. The van der Waals surface area contributed by atoms with Gasteiger partial charge in [-0.25, -0.2) is 4.98 Å². The van der Waals surface area contributed by atoms with E-state index >= 15 is 0 Å². The molecular formula is C21H26N4O4. The first-order chi connectivity index (χ1) is 14.1. The summed E-state index contributed by atoms with van der Waals surface area (Å²) in [7, 11) is 1.67. The van der Waals surface area contributed by atoms with Gasteiger partial charge in [-0.3, -0.25) is 9.59 Å². The molecule has 5 rings (SSSR count). The third kappa shape index (κ3) is 2.92. The van der Waals surface area contributed by atoms with Crippen LogP contribution in [-0.4, -0.2) is 59.2 Å². The topological polar surface area (TPSA) is 97.6 Å². The minimum absolute atomic E-state index is 0.00212. The molecule has 8 nitrogen and oxygen atoms in total. The Morgan fingerprint density at radius 3 is 2.93 bits per heavy atom. The number of aromatic nitrogens is 2. The van der Waals surface area contributed by atoms with Gasteiger partial charge in [0.15, 0.2) is 0 Å². The van der Waals surface area contributed by atoms with Gasteiger partial charge in [-0.15, -0.1) is 0 Å². The molecule has 0 radical (unpaired) electrons. The third-order valence-corrected chi connectivity index (χ3v) is 6.73. The molecule has 0 bridgehead atoms. The Bertz CT molecular complexity index is 985. The van der Waals surface area contributed by atoms with Gasteiger partial charge in [0.2, 0.25) is 5.91 Å². The number of amides is 2. The number of nitrogens with one attached hydrogen (secondary N) is 1. The van der Waals surface area contributed by atoms with E-state index in [0.29, 0.717) is 36.5 Å². The summed E-state index contributed by atoms with van der Waals surface area (Å²) >= 11 is 0. The van der Waals surface area contributed by atoms with E-state index in [9.17, 15) is 9.59 Å². The monoisotopic (exact) mass is 398 g/mol. The van der Waals surface area contributed by atoms with E-state index in [-0.39, 0.29) is 29.9 Å². The molecule has 0 spiro atoms. The van der Waals surface area contributed by atoms with Gasteiger partial charge in [0.05, 0.1) is 35.4 Å². The van der Waals surface area contributed by atoms with Crippen LogP contribution in [0.3, 0.4) is 0 Å². The summed E-state index contributed by atoms with van der Waals surface area (Å²) in [6.07, 6.45) is 4.92. The summed E-state index contributed by atoms with van der Waals surface area (Å²) in [6, 6.07) is -0.0901. The lowest BCUT2D eigenvalue weighted by Crippen LogP contribution is -2.57. The Labute approximate surface area is 169 Å². The molecule has 1 aliphatic heterocycles. The van der Waals surface area contributed by atoms with Crippen LogP contribution in [-0.2, 0) is 22.4 Å². The number of nitrogens with zero attached hydrogens (tertiary/aromatic N) is 3. The van der Waals surface area contributed by atoms with Crippen LogP contribution in [0.2, 0.25) is 0 Å². The van der Waals surface area contributed by atoms with Gasteiger partial charge in [-0.05, 0) is 51.0 Å². The summed E-state index contributed by atoms with van der Waals surface area (Å²) in [4.78, 5) is 32.7. The van der Waals surface area contributed by atoms with Gasteiger partial charge < -0.3 is 19.5 Å². The zero-order chi connectivity index (χ0) is 20.1. The minimum atomic E-state index is -0.0901. The molecule has 1 saturated carbocycles. The van der Waals surface area contributed by atoms with Crippen molar-refractivity contribution < 1.29 is 18.8 Å². The Morgan fingerprint density at radius 2 is 2.10 bits per heavy atom. The number of morpholine rings is 1. The number of hydrogen-bond donors (Lipinski definition) is 1. The van der Waals surface area contributed by atoms with Crippen molar-refractivity contribution in [1.82, 2.24) is 20.4 Å². The molecule has 2 aliphatic carbocycles. The van der Waals surface area contributed by atoms with Gasteiger partial charge in [0.25, 0.3) is 11.6 Å². The van der Waals surface area contributed by atoms with Gasteiger partial charge in [0, 0.05) is 25.2 Å². The largest absolute Gasteiger partial charge is 0.374 e. The summed E-state index contributed by atoms with van der Waals surface area (Å²) in [6.45, 7) is 2.91. The normalized spacial score (nSPS) is 26.3. The molecule has 3 aliphatic rings. The van der Waals surface area contributed by atoms with Crippen molar-refractivity contribution in [2.75, 3.05) is 20.2 Å². The van der Waals surface area contributed by atoms with Crippen LogP contribution in [0.15, 0.2) is 4.52 Å². The SMILES string of the molecule is CNC(=O)[C@H]1CC[C@H]2OCCN(C(=O)c3c4c(nc5onc(C)c35)CCC4)[C@@H]2C1. The van der Waals surface area contributed by atoms with Crippen LogP contribution >= 0.6 is 0 Å². The number of hydrogen-bond acceptors (Lipinski definition) is 6. The molecule has 0 aromatic carbocycles. The first-order valence-corrected chi connectivity index (χ1v) is 10.5. The van der Waals surface area contributed by atoms with E-state index in [1.54, 1.807) is 7.05 Å². The van der Waals surface area contributed by atoms with Crippen molar-refractivity contribution in [2.24, 2.45) is 5.92 Å². The van der Waals surface area contributed by atoms with E-state index in [1.165, 1.54) is 0 Å². The van der Waals surface area contributed by atoms with E-state index in [4.69, 9.17) is 9.26 Å². The molecular weight excluding hydrogens is 372 g/mol. The molecule has 3 atom stereocenters. The van der Waals surface area contributed by atoms with Gasteiger partial charge in [0.1, 0.15) is 0 Å². The highest BCUT2D eigenvalue weighted by Gasteiger charge is 2.43. The average molecular weight is 398 g/mol. The number of rotatable bonds is 2. The number of aryl methyl sites for hydroxylation is 2. The van der Waals surface area contributed by atoms with Crippen LogP contribution in [0.5, 0.6) is 0 Å². The molecule has 2 aromatic rings. The second kappa shape index (κ2) is 7.09. The number of carbonyl (C=O) groups is 2. The Hall–Kier alpha value is -2.48. The van der Waals surface area contributed by atoms with E-state index < -0.39 is 0 Å². The number of pyridine rings is 1. The maximum atomic E-state index is 13.9. The lowest BCUT2D eigenvalue weighted by atomic mass is 9.81. The molecule has 8 heteroatoms. The lowest BCUT2D eigenvalue weighted by Gasteiger charge is -2.45. The summed E-state index contributed by atoms with van der Waals surface area (Å²) < 4.78 is 11.4. The Balaban J connectivity index is 1.55. The second-order valence-electron chi connectivity index (χ2n) is 8.31. The predicted molar refractivity (Wildman–Crippen MR) is 105 cm³/mol. The highest BCUT2D eigenvalue weighted by atomic mass is 16.5. The first-order valence-electron chi connectivity index (χ1n) is 10.5. The highest BCUT2D eigenvalue weighted by Crippen LogP contribution is 2.37. The van der Waals surface area contributed by atoms with Crippen molar-refractivity contribution in [1.29, 1.82) is 0 Å². The summed E-state index contributed by atoms with van der Waals surface area (Å²) in [5, 5.41) is 7.56. The van der Waals surface area contributed by atoms with Crippen molar-refractivity contribution >= 4 is 22.9 Å². The van der Waals surface area contributed by atoms with Crippen LogP contribution in [0.4, 0.5) is 0 Å². The summed E-state index contributed by atoms with van der Waals surface area (Å²) in [5.41, 5.74) is 3.83. The van der Waals surface area contributed by atoms with Crippen molar-refractivity contribution in [3.63, 3.8) is 0 Å². The van der Waals surface area contributed by atoms with Crippen molar-refractivity contribution in [3.8, 4) is 0 Å². The van der Waals surface area contributed by atoms with Gasteiger partial charge >= 0.3 is 0 Å². The van der Waals surface area contributed by atoms with Crippen molar-refractivity contribution in [2.45, 2.75) is 57.6 Å². The molecule has 29 heavy (non-hydrogen) atoms.